The highest BCUT2D eigenvalue weighted by Gasteiger charge is 2.13. The first-order chi connectivity index (χ1) is 13.2. The molecule has 0 bridgehead atoms. The van der Waals surface area contributed by atoms with Crippen LogP contribution in [0.3, 0.4) is 0 Å². The Morgan fingerprint density at radius 2 is 1.46 bits per heavy atom. The number of nitrogens with one attached hydrogen (secondary N) is 2. The zero-order valence-corrected chi connectivity index (χ0v) is 17.1. The number of aromatic nitrogens is 2. The number of rotatable bonds is 6. The molecule has 2 aromatic carbocycles. The van der Waals surface area contributed by atoms with E-state index in [9.17, 15) is 8.42 Å². The lowest BCUT2D eigenvalue weighted by Gasteiger charge is -2.14. The van der Waals surface area contributed by atoms with E-state index in [0.29, 0.717) is 17.3 Å². The number of benzene rings is 2. The van der Waals surface area contributed by atoms with Gasteiger partial charge in [-0.15, -0.1) is 0 Å². The summed E-state index contributed by atoms with van der Waals surface area (Å²) in [7, 11) is 0.215. The molecular formula is C20H23N5O2S. The van der Waals surface area contributed by atoms with Crippen LogP contribution in [-0.2, 0) is 10.0 Å². The van der Waals surface area contributed by atoms with Gasteiger partial charge in [0.1, 0.15) is 17.5 Å². The van der Waals surface area contributed by atoms with Gasteiger partial charge in [-0.05, 0) is 50.2 Å². The van der Waals surface area contributed by atoms with Gasteiger partial charge in [0.2, 0.25) is 0 Å². The van der Waals surface area contributed by atoms with E-state index < -0.39 is 10.0 Å². The molecule has 28 heavy (non-hydrogen) atoms. The zero-order chi connectivity index (χ0) is 20.3. The first kappa shape index (κ1) is 19.6. The molecule has 0 atom stereocenters. The predicted molar refractivity (Wildman–Crippen MR) is 113 cm³/mol. The maximum absolute atomic E-state index is 12.5. The highest BCUT2D eigenvalue weighted by molar-refractivity contribution is 7.92. The Bertz CT molecular complexity index is 1060. The molecular weight excluding hydrogens is 374 g/mol. The summed E-state index contributed by atoms with van der Waals surface area (Å²) < 4.78 is 27.5. The van der Waals surface area contributed by atoms with Gasteiger partial charge in [-0.3, -0.25) is 4.72 Å². The van der Waals surface area contributed by atoms with Gasteiger partial charge < -0.3 is 10.2 Å². The summed E-state index contributed by atoms with van der Waals surface area (Å²) in [5.41, 5.74) is 2.28. The lowest BCUT2D eigenvalue weighted by Crippen LogP contribution is -2.13. The normalized spacial score (nSPS) is 11.1. The summed E-state index contributed by atoms with van der Waals surface area (Å²) in [4.78, 5) is 10.9. The molecule has 0 aliphatic rings. The van der Waals surface area contributed by atoms with Crippen molar-refractivity contribution in [1.82, 2.24) is 9.97 Å². The largest absolute Gasteiger partial charge is 0.363 e. The zero-order valence-electron chi connectivity index (χ0n) is 16.3. The van der Waals surface area contributed by atoms with Crippen LogP contribution in [0.4, 0.5) is 23.0 Å². The number of sulfonamides is 1. The van der Waals surface area contributed by atoms with E-state index >= 15 is 0 Å². The molecule has 1 aromatic heterocycles. The molecule has 3 rings (SSSR count). The smallest absolute Gasteiger partial charge is 0.261 e. The maximum Gasteiger partial charge on any atom is 0.261 e. The van der Waals surface area contributed by atoms with Gasteiger partial charge in [-0.1, -0.05) is 17.7 Å². The number of hydrogen-bond acceptors (Lipinski definition) is 6. The van der Waals surface area contributed by atoms with Crippen molar-refractivity contribution in [2.45, 2.75) is 18.7 Å². The molecule has 0 saturated carbocycles. The average Bonchev–Trinajstić information content (AvgIpc) is 2.63. The molecule has 0 fully saturated rings. The van der Waals surface area contributed by atoms with Crippen molar-refractivity contribution in [3.05, 3.63) is 66.0 Å². The summed E-state index contributed by atoms with van der Waals surface area (Å²) in [6.07, 6.45) is 0. The van der Waals surface area contributed by atoms with Crippen LogP contribution in [0.5, 0.6) is 0 Å². The summed E-state index contributed by atoms with van der Waals surface area (Å²) in [5, 5.41) is 3.21. The molecule has 0 amide bonds. The van der Waals surface area contributed by atoms with Crippen LogP contribution >= 0.6 is 0 Å². The first-order valence-electron chi connectivity index (χ1n) is 8.72. The molecule has 8 heteroatoms. The molecule has 0 saturated heterocycles. The predicted octanol–water partition coefficient (Wildman–Crippen LogP) is 3.70. The Morgan fingerprint density at radius 3 is 2.07 bits per heavy atom. The summed E-state index contributed by atoms with van der Waals surface area (Å²) in [6, 6.07) is 15.6. The Kier molecular flexibility index (Phi) is 5.51. The van der Waals surface area contributed by atoms with Crippen LogP contribution in [0.15, 0.2) is 59.5 Å². The summed E-state index contributed by atoms with van der Waals surface area (Å²) >= 11 is 0. The fraction of sp³-hybridized carbons (Fsp3) is 0.200. The van der Waals surface area contributed by atoms with E-state index in [-0.39, 0.29) is 4.90 Å². The van der Waals surface area contributed by atoms with Gasteiger partial charge in [0, 0.05) is 31.5 Å². The third kappa shape index (κ3) is 4.77. The highest BCUT2D eigenvalue weighted by atomic mass is 32.2. The topological polar surface area (TPSA) is 87.2 Å². The van der Waals surface area contributed by atoms with Crippen molar-refractivity contribution < 1.29 is 8.42 Å². The van der Waals surface area contributed by atoms with Crippen molar-refractivity contribution >= 4 is 33.0 Å². The van der Waals surface area contributed by atoms with Crippen molar-refractivity contribution in [1.29, 1.82) is 0 Å². The minimum absolute atomic E-state index is 0.230. The average molecular weight is 398 g/mol. The Hall–Kier alpha value is -3.13. The van der Waals surface area contributed by atoms with E-state index in [0.717, 1.165) is 17.1 Å². The number of aryl methyl sites for hydroxylation is 2. The third-order valence-electron chi connectivity index (χ3n) is 4.02. The molecule has 2 N–H and O–H groups in total. The van der Waals surface area contributed by atoms with Gasteiger partial charge >= 0.3 is 0 Å². The fourth-order valence-electron chi connectivity index (χ4n) is 2.55. The quantitative estimate of drug-likeness (QED) is 0.659. The van der Waals surface area contributed by atoms with Crippen LogP contribution in [0, 0.1) is 13.8 Å². The fourth-order valence-corrected chi connectivity index (χ4v) is 3.60. The van der Waals surface area contributed by atoms with Gasteiger partial charge in [0.05, 0.1) is 4.90 Å². The van der Waals surface area contributed by atoms with Crippen molar-refractivity contribution in [3.63, 3.8) is 0 Å². The van der Waals surface area contributed by atoms with E-state index in [1.54, 1.807) is 48.5 Å². The monoisotopic (exact) mass is 397 g/mol. The minimum atomic E-state index is -3.62. The molecule has 0 unspecified atom stereocenters. The SMILES string of the molecule is Cc1ccc(S(=O)(=O)Nc2ccc(Nc3cc(N(C)C)nc(C)n3)cc2)cc1. The molecule has 7 nitrogen and oxygen atoms in total. The maximum atomic E-state index is 12.5. The second-order valence-electron chi connectivity index (χ2n) is 6.67. The first-order valence-corrected chi connectivity index (χ1v) is 10.2. The number of anilines is 4. The van der Waals surface area contributed by atoms with Gasteiger partial charge in [-0.2, -0.15) is 0 Å². The lowest BCUT2D eigenvalue weighted by molar-refractivity contribution is 0.601. The van der Waals surface area contributed by atoms with Crippen molar-refractivity contribution in [2.24, 2.45) is 0 Å². The number of hydrogen-bond donors (Lipinski definition) is 2. The van der Waals surface area contributed by atoms with Crippen LogP contribution in [0.2, 0.25) is 0 Å². The lowest BCUT2D eigenvalue weighted by atomic mass is 10.2. The van der Waals surface area contributed by atoms with Crippen molar-refractivity contribution in [3.8, 4) is 0 Å². The van der Waals surface area contributed by atoms with Gasteiger partial charge in [0.25, 0.3) is 10.0 Å². The Morgan fingerprint density at radius 1 is 0.857 bits per heavy atom. The van der Waals surface area contributed by atoms with E-state index in [4.69, 9.17) is 0 Å². The highest BCUT2D eigenvalue weighted by Crippen LogP contribution is 2.22. The summed E-state index contributed by atoms with van der Waals surface area (Å²) in [6.45, 7) is 3.75. The molecule has 0 radical (unpaired) electrons. The molecule has 1 heterocycles. The van der Waals surface area contributed by atoms with Crippen LogP contribution in [0.1, 0.15) is 11.4 Å². The standard InChI is InChI=1S/C20H23N5O2S/c1-14-5-11-18(12-6-14)28(26,27)24-17-9-7-16(8-10-17)23-19-13-20(25(3)4)22-15(2)21-19/h5-13,24H,1-4H3,(H,21,22,23). The molecule has 0 aliphatic carbocycles. The van der Waals surface area contributed by atoms with Gasteiger partial charge in [0.15, 0.2) is 0 Å². The van der Waals surface area contributed by atoms with Crippen molar-refractivity contribution in [2.75, 3.05) is 29.0 Å². The second kappa shape index (κ2) is 7.85. The summed E-state index contributed by atoms with van der Waals surface area (Å²) in [5.74, 6) is 2.14. The number of nitrogens with zero attached hydrogens (tertiary/aromatic N) is 3. The van der Waals surface area contributed by atoms with Crippen LogP contribution < -0.4 is 14.9 Å². The Balaban J connectivity index is 1.74. The minimum Gasteiger partial charge on any atom is -0.363 e. The molecule has 0 aliphatic heterocycles. The molecule has 0 spiro atoms. The van der Waals surface area contributed by atoms with Crippen LogP contribution in [0.25, 0.3) is 0 Å². The second-order valence-corrected chi connectivity index (χ2v) is 8.36. The molecule has 146 valence electrons. The van der Waals surface area contributed by atoms with E-state index in [1.165, 1.54) is 0 Å². The molecule has 3 aromatic rings. The Labute approximate surface area is 165 Å². The third-order valence-corrected chi connectivity index (χ3v) is 5.42. The van der Waals surface area contributed by atoms with Gasteiger partial charge in [-0.25, -0.2) is 18.4 Å². The van der Waals surface area contributed by atoms with E-state index in [1.807, 2.05) is 38.9 Å². The van der Waals surface area contributed by atoms with E-state index in [2.05, 4.69) is 20.0 Å². The van der Waals surface area contributed by atoms with Crippen LogP contribution in [-0.4, -0.2) is 32.5 Å².